The van der Waals surface area contributed by atoms with Crippen molar-refractivity contribution in [3.8, 4) is 0 Å². The summed E-state index contributed by atoms with van der Waals surface area (Å²) >= 11 is 7.88. The standard InChI is InChI=1S/C23H26ClN7O3S/c1-13-21(26)23(11-34-13)4-6-30(7-5-23)17-8-28-18(9-27-17)35-15-3-2-14-19(20(15)24)22(33)31(12-29-14)10-16(25)32/h2-3,8-9,12-13,21H,4-7,10-11,26H2,1H3,(H2,25,32)/t13-,21+/m0/s1. The van der Waals surface area contributed by atoms with E-state index in [-0.39, 0.29) is 34.5 Å². The maximum atomic E-state index is 12.8. The summed E-state index contributed by atoms with van der Waals surface area (Å²) in [6.45, 7) is 4.21. The summed E-state index contributed by atoms with van der Waals surface area (Å²) in [5.74, 6) is 0.177. The van der Waals surface area contributed by atoms with E-state index in [1.165, 1.54) is 18.1 Å². The number of amides is 1. The fourth-order valence-electron chi connectivity index (χ4n) is 4.84. The maximum Gasteiger partial charge on any atom is 0.263 e. The lowest BCUT2D eigenvalue weighted by Crippen LogP contribution is -2.50. The van der Waals surface area contributed by atoms with Gasteiger partial charge in [-0.2, -0.15) is 0 Å². The molecule has 184 valence electrons. The van der Waals surface area contributed by atoms with Crippen molar-refractivity contribution in [2.45, 2.75) is 48.4 Å². The van der Waals surface area contributed by atoms with Crippen LogP contribution in [0.4, 0.5) is 5.82 Å². The van der Waals surface area contributed by atoms with Gasteiger partial charge in [-0.1, -0.05) is 23.4 Å². The van der Waals surface area contributed by atoms with Gasteiger partial charge in [0, 0.05) is 29.4 Å². The summed E-state index contributed by atoms with van der Waals surface area (Å²) in [5, 5.41) is 1.13. The molecule has 1 spiro atoms. The number of nitrogens with zero attached hydrogens (tertiary/aromatic N) is 5. The highest BCUT2D eigenvalue weighted by Gasteiger charge is 2.47. The number of carbonyl (C=O) groups is 1. The molecule has 0 aliphatic carbocycles. The molecule has 2 atom stereocenters. The Morgan fingerprint density at radius 2 is 2.03 bits per heavy atom. The van der Waals surface area contributed by atoms with Crippen LogP contribution in [-0.2, 0) is 16.1 Å². The summed E-state index contributed by atoms with van der Waals surface area (Å²) in [5.41, 5.74) is 11.7. The van der Waals surface area contributed by atoms with Crippen LogP contribution in [-0.4, -0.2) is 57.3 Å². The van der Waals surface area contributed by atoms with E-state index in [9.17, 15) is 9.59 Å². The Balaban J connectivity index is 1.31. The number of carbonyl (C=O) groups excluding carboxylic acids is 1. The summed E-state index contributed by atoms with van der Waals surface area (Å²) in [7, 11) is 0. The molecule has 3 aromatic rings. The third kappa shape index (κ3) is 4.49. The lowest BCUT2D eigenvalue weighted by molar-refractivity contribution is -0.118. The average molecular weight is 516 g/mol. The molecule has 2 aromatic heterocycles. The van der Waals surface area contributed by atoms with Crippen LogP contribution in [0.15, 0.2) is 45.6 Å². The van der Waals surface area contributed by atoms with Gasteiger partial charge in [-0.15, -0.1) is 0 Å². The van der Waals surface area contributed by atoms with Crippen LogP contribution in [0.3, 0.4) is 0 Å². The van der Waals surface area contributed by atoms with E-state index in [1.807, 2.05) is 6.92 Å². The molecular formula is C23H26ClN7O3S. The lowest BCUT2D eigenvalue weighted by atomic mass is 9.73. The Morgan fingerprint density at radius 3 is 2.66 bits per heavy atom. The molecule has 5 rings (SSSR count). The number of piperidine rings is 1. The fourth-order valence-corrected chi connectivity index (χ4v) is 5.96. The SMILES string of the molecule is C[C@@H]1OCC2(CCN(c3cnc(Sc4ccc5ncn(CC(N)=O)c(=O)c5c4Cl)cn3)CC2)[C@@H]1N. The number of nitrogens with two attached hydrogens (primary N) is 2. The number of halogens is 1. The molecule has 1 aromatic carbocycles. The average Bonchev–Trinajstić information content (AvgIpc) is 3.12. The van der Waals surface area contributed by atoms with Crippen molar-refractivity contribution >= 4 is 46.0 Å². The molecular weight excluding hydrogens is 490 g/mol. The zero-order valence-corrected chi connectivity index (χ0v) is 20.8. The van der Waals surface area contributed by atoms with Gasteiger partial charge in [0.15, 0.2) is 0 Å². The molecule has 10 nitrogen and oxygen atoms in total. The van der Waals surface area contributed by atoms with Crippen LogP contribution in [0, 0.1) is 5.41 Å². The number of hydrogen-bond acceptors (Lipinski definition) is 9. The topological polar surface area (TPSA) is 142 Å². The van der Waals surface area contributed by atoms with Gasteiger partial charge in [-0.25, -0.2) is 15.0 Å². The van der Waals surface area contributed by atoms with Gasteiger partial charge in [0.05, 0.1) is 47.4 Å². The van der Waals surface area contributed by atoms with E-state index in [1.54, 1.807) is 24.5 Å². The molecule has 0 saturated carbocycles. The number of anilines is 1. The molecule has 35 heavy (non-hydrogen) atoms. The summed E-state index contributed by atoms with van der Waals surface area (Å²) < 4.78 is 6.95. The van der Waals surface area contributed by atoms with E-state index in [0.717, 1.165) is 42.9 Å². The van der Waals surface area contributed by atoms with Gasteiger partial charge in [-0.05, 0) is 31.9 Å². The first kappa shape index (κ1) is 24.0. The minimum Gasteiger partial charge on any atom is -0.376 e. The van der Waals surface area contributed by atoms with Crippen molar-refractivity contribution in [2.75, 3.05) is 24.6 Å². The number of benzene rings is 1. The Bertz CT molecular complexity index is 1330. The highest BCUT2D eigenvalue weighted by molar-refractivity contribution is 7.99. The maximum absolute atomic E-state index is 12.8. The predicted octanol–water partition coefficient (Wildman–Crippen LogP) is 1.81. The second-order valence-corrected chi connectivity index (χ2v) is 10.6. The van der Waals surface area contributed by atoms with Gasteiger partial charge in [-0.3, -0.25) is 14.2 Å². The molecule has 0 bridgehead atoms. The first-order valence-corrected chi connectivity index (χ1v) is 12.5. The third-order valence-corrected chi connectivity index (χ3v) is 8.47. The number of aromatic nitrogens is 4. The van der Waals surface area contributed by atoms with Crippen molar-refractivity contribution in [3.63, 3.8) is 0 Å². The Labute approximate surface area is 211 Å². The smallest absolute Gasteiger partial charge is 0.263 e. The highest BCUT2D eigenvalue weighted by Crippen LogP contribution is 2.42. The van der Waals surface area contributed by atoms with Crippen LogP contribution in [0.5, 0.6) is 0 Å². The van der Waals surface area contributed by atoms with Crippen LogP contribution >= 0.6 is 23.4 Å². The molecule has 4 heterocycles. The number of rotatable bonds is 5. The zero-order valence-electron chi connectivity index (χ0n) is 19.2. The summed E-state index contributed by atoms with van der Waals surface area (Å²) in [6, 6.07) is 3.56. The minimum atomic E-state index is -0.636. The van der Waals surface area contributed by atoms with E-state index in [4.69, 9.17) is 27.8 Å². The van der Waals surface area contributed by atoms with E-state index < -0.39 is 11.5 Å². The Kier molecular flexibility index (Phi) is 6.43. The van der Waals surface area contributed by atoms with E-state index in [2.05, 4.69) is 19.9 Å². The van der Waals surface area contributed by atoms with E-state index >= 15 is 0 Å². The quantitative estimate of drug-likeness (QED) is 0.520. The van der Waals surface area contributed by atoms with Gasteiger partial charge < -0.3 is 21.1 Å². The van der Waals surface area contributed by atoms with Crippen LogP contribution < -0.4 is 21.9 Å². The molecule has 4 N–H and O–H groups in total. The highest BCUT2D eigenvalue weighted by atomic mass is 35.5. The van der Waals surface area contributed by atoms with Crippen molar-refractivity contribution in [2.24, 2.45) is 16.9 Å². The van der Waals surface area contributed by atoms with Gasteiger partial charge in [0.25, 0.3) is 5.56 Å². The lowest BCUT2D eigenvalue weighted by Gasteiger charge is -2.41. The second kappa shape index (κ2) is 9.38. The molecule has 0 unspecified atom stereocenters. The van der Waals surface area contributed by atoms with E-state index in [0.29, 0.717) is 15.4 Å². The van der Waals surface area contributed by atoms with Gasteiger partial charge in [0.2, 0.25) is 5.91 Å². The van der Waals surface area contributed by atoms with Gasteiger partial charge in [0.1, 0.15) is 17.4 Å². The van der Waals surface area contributed by atoms with Gasteiger partial charge >= 0.3 is 0 Å². The summed E-state index contributed by atoms with van der Waals surface area (Å²) in [4.78, 5) is 40.3. The molecule has 2 saturated heterocycles. The molecule has 1 amide bonds. The number of hydrogen-bond donors (Lipinski definition) is 2. The Hall–Kier alpha value is -2.73. The van der Waals surface area contributed by atoms with Crippen molar-refractivity contribution in [1.29, 1.82) is 0 Å². The zero-order chi connectivity index (χ0) is 24.7. The molecule has 12 heteroatoms. The van der Waals surface area contributed by atoms with Crippen molar-refractivity contribution < 1.29 is 9.53 Å². The normalized spacial score (nSPS) is 21.6. The van der Waals surface area contributed by atoms with Crippen LogP contribution in [0.2, 0.25) is 5.02 Å². The van der Waals surface area contributed by atoms with Crippen LogP contribution in [0.25, 0.3) is 10.9 Å². The van der Waals surface area contributed by atoms with Crippen molar-refractivity contribution in [3.05, 3.63) is 46.2 Å². The predicted molar refractivity (Wildman–Crippen MR) is 134 cm³/mol. The fraction of sp³-hybridized carbons (Fsp3) is 0.435. The number of ether oxygens (including phenoxy) is 1. The number of fused-ring (bicyclic) bond motifs is 1. The third-order valence-electron chi connectivity index (χ3n) is 6.98. The first-order valence-electron chi connectivity index (χ1n) is 11.4. The van der Waals surface area contributed by atoms with Crippen LogP contribution in [0.1, 0.15) is 19.8 Å². The number of primary amides is 1. The largest absolute Gasteiger partial charge is 0.376 e. The summed E-state index contributed by atoms with van der Waals surface area (Å²) in [6.07, 6.45) is 6.77. The van der Waals surface area contributed by atoms with Crippen molar-refractivity contribution in [1.82, 2.24) is 19.5 Å². The Morgan fingerprint density at radius 1 is 1.26 bits per heavy atom. The molecule has 0 radical (unpaired) electrons. The first-order chi connectivity index (χ1) is 16.8. The molecule has 2 aliphatic rings. The minimum absolute atomic E-state index is 0.0524. The second-order valence-electron chi connectivity index (χ2n) is 9.12. The molecule has 2 fully saturated rings. The molecule has 2 aliphatic heterocycles. The monoisotopic (exact) mass is 515 g/mol.